The first-order chi connectivity index (χ1) is 6.53. The van der Waals surface area contributed by atoms with Crippen LogP contribution in [0.25, 0.3) is 0 Å². The van der Waals surface area contributed by atoms with Crippen LogP contribution in [0.3, 0.4) is 0 Å². The van der Waals surface area contributed by atoms with Crippen molar-refractivity contribution >= 4 is 0 Å². The Morgan fingerprint density at radius 1 is 1.57 bits per heavy atom. The van der Waals surface area contributed by atoms with E-state index in [2.05, 4.69) is 4.98 Å². The van der Waals surface area contributed by atoms with Crippen LogP contribution in [0.2, 0.25) is 0 Å². The number of aliphatic hydroxyl groups is 1. The van der Waals surface area contributed by atoms with Crippen molar-refractivity contribution < 1.29 is 5.11 Å². The Morgan fingerprint density at radius 3 is 2.50 bits per heavy atom. The molecular formula is C10H19N3O. The van der Waals surface area contributed by atoms with Crippen molar-refractivity contribution in [3.8, 4) is 0 Å². The molecule has 0 aromatic carbocycles. The summed E-state index contributed by atoms with van der Waals surface area (Å²) in [6.07, 6.45) is 4.82. The highest BCUT2D eigenvalue weighted by Gasteiger charge is 2.32. The van der Waals surface area contributed by atoms with Crippen LogP contribution in [0, 0.1) is 0 Å². The normalized spacial score (nSPS) is 14.4. The minimum absolute atomic E-state index is 0.404. The fourth-order valence-corrected chi connectivity index (χ4v) is 1.56. The average molecular weight is 197 g/mol. The Hall–Kier alpha value is -0.870. The number of hydrogen-bond acceptors (Lipinski definition) is 3. The molecule has 0 saturated heterocycles. The summed E-state index contributed by atoms with van der Waals surface area (Å²) in [7, 11) is 1.89. The summed E-state index contributed by atoms with van der Waals surface area (Å²) in [6, 6.07) is -0.404. The molecule has 1 rings (SSSR count). The van der Waals surface area contributed by atoms with Gasteiger partial charge in [-0.2, -0.15) is 0 Å². The zero-order valence-corrected chi connectivity index (χ0v) is 9.07. The molecule has 4 heteroatoms. The van der Waals surface area contributed by atoms with Crippen LogP contribution in [0.1, 0.15) is 38.4 Å². The van der Waals surface area contributed by atoms with E-state index in [1.807, 2.05) is 31.7 Å². The first-order valence-electron chi connectivity index (χ1n) is 4.99. The van der Waals surface area contributed by atoms with Gasteiger partial charge >= 0.3 is 0 Å². The Kier molecular flexibility index (Phi) is 3.29. The van der Waals surface area contributed by atoms with E-state index in [1.54, 1.807) is 6.33 Å². The lowest BCUT2D eigenvalue weighted by atomic mass is 9.87. The van der Waals surface area contributed by atoms with Gasteiger partial charge in [-0.3, -0.25) is 0 Å². The topological polar surface area (TPSA) is 64.1 Å². The van der Waals surface area contributed by atoms with Gasteiger partial charge in [0.15, 0.2) is 0 Å². The molecule has 1 heterocycles. The van der Waals surface area contributed by atoms with Gasteiger partial charge in [-0.25, -0.2) is 4.98 Å². The van der Waals surface area contributed by atoms with Crippen LogP contribution in [0.15, 0.2) is 12.5 Å². The molecule has 80 valence electrons. The molecule has 1 atom stereocenters. The van der Waals surface area contributed by atoms with E-state index in [9.17, 15) is 5.11 Å². The van der Waals surface area contributed by atoms with Gasteiger partial charge in [0.25, 0.3) is 0 Å². The Balaban J connectivity index is 2.88. The largest absolute Gasteiger partial charge is 0.388 e. The summed E-state index contributed by atoms with van der Waals surface area (Å²) in [4.78, 5) is 4.16. The predicted molar refractivity (Wildman–Crippen MR) is 55.7 cm³/mol. The lowest BCUT2D eigenvalue weighted by Gasteiger charge is -2.30. The number of aromatic nitrogens is 2. The fraction of sp³-hybridized carbons (Fsp3) is 0.700. The second-order valence-corrected chi connectivity index (χ2v) is 3.75. The van der Waals surface area contributed by atoms with Gasteiger partial charge < -0.3 is 15.4 Å². The standard InChI is InChI=1S/C10H19N3O/c1-4-10(14,5-2)9(11)8-6-13(3)7-12-8/h6-7,9,14H,4-5,11H2,1-3H3. The monoisotopic (exact) mass is 197 g/mol. The number of rotatable bonds is 4. The summed E-state index contributed by atoms with van der Waals surface area (Å²) >= 11 is 0. The van der Waals surface area contributed by atoms with E-state index in [4.69, 9.17) is 5.73 Å². The van der Waals surface area contributed by atoms with Crippen molar-refractivity contribution in [1.29, 1.82) is 0 Å². The zero-order chi connectivity index (χ0) is 10.8. The van der Waals surface area contributed by atoms with E-state index < -0.39 is 11.6 Å². The second-order valence-electron chi connectivity index (χ2n) is 3.75. The highest BCUT2D eigenvalue weighted by Crippen LogP contribution is 2.28. The lowest BCUT2D eigenvalue weighted by Crippen LogP contribution is -2.40. The van der Waals surface area contributed by atoms with Crippen LogP contribution >= 0.6 is 0 Å². The maximum absolute atomic E-state index is 10.2. The fourth-order valence-electron chi connectivity index (χ4n) is 1.56. The minimum atomic E-state index is -0.839. The summed E-state index contributed by atoms with van der Waals surface area (Å²) in [5, 5.41) is 10.2. The maximum Gasteiger partial charge on any atom is 0.0947 e. The molecule has 1 aromatic rings. The molecule has 3 N–H and O–H groups in total. The van der Waals surface area contributed by atoms with Gasteiger partial charge in [-0.15, -0.1) is 0 Å². The number of aryl methyl sites for hydroxylation is 1. The van der Waals surface area contributed by atoms with Crippen LogP contribution in [-0.2, 0) is 7.05 Å². The number of imidazole rings is 1. The molecule has 0 aliphatic heterocycles. The third-order valence-electron chi connectivity index (χ3n) is 2.85. The third kappa shape index (κ3) is 1.96. The smallest absolute Gasteiger partial charge is 0.0947 e. The third-order valence-corrected chi connectivity index (χ3v) is 2.85. The SMILES string of the molecule is CCC(O)(CC)C(N)c1cn(C)cn1. The molecular weight excluding hydrogens is 178 g/mol. The van der Waals surface area contributed by atoms with E-state index in [1.165, 1.54) is 0 Å². The highest BCUT2D eigenvalue weighted by molar-refractivity contribution is 5.09. The Bertz CT molecular complexity index is 291. The predicted octanol–water partition coefficient (Wildman–Crippen LogP) is 0.971. The summed E-state index contributed by atoms with van der Waals surface area (Å²) in [5.74, 6) is 0. The molecule has 0 amide bonds. The van der Waals surface area contributed by atoms with Gasteiger partial charge in [0.05, 0.1) is 23.7 Å². The molecule has 1 unspecified atom stereocenters. The Labute approximate surface area is 84.8 Å². The second kappa shape index (κ2) is 4.11. The van der Waals surface area contributed by atoms with Crippen LogP contribution < -0.4 is 5.73 Å². The van der Waals surface area contributed by atoms with E-state index in [0.29, 0.717) is 12.8 Å². The molecule has 0 spiro atoms. The minimum Gasteiger partial charge on any atom is -0.388 e. The van der Waals surface area contributed by atoms with Crippen LogP contribution in [-0.4, -0.2) is 20.3 Å². The molecule has 0 saturated carbocycles. The highest BCUT2D eigenvalue weighted by atomic mass is 16.3. The molecule has 4 nitrogen and oxygen atoms in total. The average Bonchev–Trinajstić information content (AvgIpc) is 2.62. The van der Waals surface area contributed by atoms with Gasteiger partial charge in [-0.1, -0.05) is 13.8 Å². The van der Waals surface area contributed by atoms with Crippen molar-refractivity contribution in [3.05, 3.63) is 18.2 Å². The summed E-state index contributed by atoms with van der Waals surface area (Å²) in [5.41, 5.74) is 5.89. The van der Waals surface area contributed by atoms with Gasteiger partial charge in [0.1, 0.15) is 0 Å². The van der Waals surface area contributed by atoms with E-state index >= 15 is 0 Å². The lowest BCUT2D eigenvalue weighted by molar-refractivity contribution is 0.00456. The number of hydrogen-bond donors (Lipinski definition) is 2. The molecule has 14 heavy (non-hydrogen) atoms. The van der Waals surface area contributed by atoms with Crippen LogP contribution in [0.4, 0.5) is 0 Å². The van der Waals surface area contributed by atoms with Crippen molar-refractivity contribution in [2.45, 2.75) is 38.3 Å². The van der Waals surface area contributed by atoms with Gasteiger partial charge in [0, 0.05) is 13.2 Å². The Morgan fingerprint density at radius 2 is 2.14 bits per heavy atom. The molecule has 0 aliphatic carbocycles. The molecule has 0 fully saturated rings. The maximum atomic E-state index is 10.2. The molecule has 1 aromatic heterocycles. The summed E-state index contributed by atoms with van der Waals surface area (Å²) < 4.78 is 1.83. The molecule has 0 bridgehead atoms. The van der Waals surface area contributed by atoms with E-state index in [-0.39, 0.29) is 0 Å². The van der Waals surface area contributed by atoms with Gasteiger partial charge in [-0.05, 0) is 12.8 Å². The number of nitrogens with zero attached hydrogens (tertiary/aromatic N) is 2. The van der Waals surface area contributed by atoms with Crippen molar-refractivity contribution in [2.75, 3.05) is 0 Å². The number of nitrogens with two attached hydrogens (primary N) is 1. The first kappa shape index (κ1) is 11.2. The molecule has 0 radical (unpaired) electrons. The zero-order valence-electron chi connectivity index (χ0n) is 9.07. The first-order valence-corrected chi connectivity index (χ1v) is 4.99. The van der Waals surface area contributed by atoms with Crippen LogP contribution in [0.5, 0.6) is 0 Å². The van der Waals surface area contributed by atoms with E-state index in [0.717, 1.165) is 5.69 Å². The summed E-state index contributed by atoms with van der Waals surface area (Å²) in [6.45, 7) is 3.87. The quantitative estimate of drug-likeness (QED) is 0.756. The van der Waals surface area contributed by atoms with Gasteiger partial charge in [0.2, 0.25) is 0 Å². The van der Waals surface area contributed by atoms with Crippen molar-refractivity contribution in [1.82, 2.24) is 9.55 Å². The van der Waals surface area contributed by atoms with Crippen molar-refractivity contribution in [2.24, 2.45) is 12.8 Å². The van der Waals surface area contributed by atoms with Crippen molar-refractivity contribution in [3.63, 3.8) is 0 Å². The molecule has 0 aliphatic rings.